The Labute approximate surface area is 272 Å². The first kappa shape index (κ1) is 35.3. The molecule has 3 atom stereocenters. The van der Waals surface area contributed by atoms with E-state index in [1.165, 1.54) is 18.2 Å². The highest BCUT2D eigenvalue weighted by atomic mass is 32.2. The highest BCUT2D eigenvalue weighted by Crippen LogP contribution is 2.35. The summed E-state index contributed by atoms with van der Waals surface area (Å²) in [5.41, 5.74) is 1.98. The van der Waals surface area contributed by atoms with Gasteiger partial charge in [0.2, 0.25) is 15.9 Å². The summed E-state index contributed by atoms with van der Waals surface area (Å²) in [6, 6.07) is 10.3. The van der Waals surface area contributed by atoms with E-state index >= 15 is 0 Å². The van der Waals surface area contributed by atoms with Crippen LogP contribution in [0, 0.1) is 0 Å². The summed E-state index contributed by atoms with van der Waals surface area (Å²) in [5, 5.41) is 11.5. The van der Waals surface area contributed by atoms with Crippen molar-refractivity contribution in [3.05, 3.63) is 48.8 Å². The minimum absolute atomic E-state index is 0.0779. The molecule has 1 fully saturated rings. The molecule has 46 heavy (non-hydrogen) atoms. The van der Waals surface area contributed by atoms with E-state index in [2.05, 4.69) is 19.9 Å². The minimum Gasteiger partial charge on any atom is -0.486 e. The van der Waals surface area contributed by atoms with Crippen molar-refractivity contribution in [3.8, 4) is 5.75 Å². The molecule has 1 aliphatic rings. The maximum absolute atomic E-state index is 13.5. The molecule has 3 aromatic rings. The third-order valence-corrected chi connectivity index (χ3v) is 10.0. The Balaban J connectivity index is 1.67. The number of aromatic nitrogens is 2. The third-order valence-electron chi connectivity index (χ3n) is 7.11. The van der Waals surface area contributed by atoms with Gasteiger partial charge < -0.3 is 34.2 Å². The summed E-state index contributed by atoms with van der Waals surface area (Å²) in [7, 11) is -0.949. The normalized spacial score (nSPS) is 16.2. The van der Waals surface area contributed by atoms with Gasteiger partial charge in [-0.25, -0.2) is 18.1 Å². The number of imidazole rings is 1. The number of nitrogens with one attached hydrogen (secondary N) is 2. The molecule has 2 aromatic carbocycles. The number of amides is 1. The number of para-hydroxylation sites is 2. The standard InChI is InChI=1S/C30H40N6O8S2/c1-21(30(45-15-12-35-10-13-43-14-11-35)36-20-31-24-6-4-5-7-25(24)36)44-26-16-22(32-28(38)18-34(2)3)8-9-27(26)46(41,42)33-23(19-37)17-29(39)40/h4-9,16,19-21,23,30,33H,10-15,17-18H2,1-3H3,(H,32,38)(H,39,40)/t21-,23?,30?/m1/s1. The zero-order valence-corrected chi connectivity index (χ0v) is 27.6. The van der Waals surface area contributed by atoms with Crippen LogP contribution >= 0.6 is 11.8 Å². The van der Waals surface area contributed by atoms with Gasteiger partial charge in [0.25, 0.3) is 0 Å². The zero-order chi connectivity index (χ0) is 33.3. The van der Waals surface area contributed by atoms with Crippen LogP contribution < -0.4 is 14.8 Å². The van der Waals surface area contributed by atoms with Crippen LogP contribution in [0.3, 0.4) is 0 Å². The van der Waals surface area contributed by atoms with Crippen LogP contribution in [-0.4, -0.2) is 122 Å². The molecule has 1 saturated heterocycles. The zero-order valence-electron chi connectivity index (χ0n) is 26.0. The van der Waals surface area contributed by atoms with E-state index in [-0.39, 0.29) is 34.8 Å². The van der Waals surface area contributed by atoms with Crippen LogP contribution in [0.5, 0.6) is 5.75 Å². The van der Waals surface area contributed by atoms with Gasteiger partial charge >= 0.3 is 5.97 Å². The number of thioether (sulfide) groups is 1. The molecule has 14 nitrogen and oxygen atoms in total. The van der Waals surface area contributed by atoms with Gasteiger partial charge in [-0.05, 0) is 45.3 Å². The fraction of sp³-hybridized carbons (Fsp3) is 0.467. The van der Waals surface area contributed by atoms with E-state index < -0.39 is 34.6 Å². The molecule has 0 aliphatic carbocycles. The summed E-state index contributed by atoms with van der Waals surface area (Å²) < 4.78 is 43.1. The molecule has 16 heteroatoms. The average Bonchev–Trinajstić information content (AvgIpc) is 3.42. The van der Waals surface area contributed by atoms with Crippen molar-refractivity contribution < 1.29 is 37.4 Å². The van der Waals surface area contributed by atoms with Crippen LogP contribution in [0.4, 0.5) is 5.69 Å². The largest absolute Gasteiger partial charge is 0.486 e. The number of carbonyl (C=O) groups is 3. The molecule has 3 N–H and O–H groups in total. The number of ether oxygens (including phenoxy) is 2. The fourth-order valence-electron chi connectivity index (χ4n) is 4.96. The highest BCUT2D eigenvalue weighted by molar-refractivity contribution is 7.99. The Morgan fingerprint density at radius 2 is 1.93 bits per heavy atom. The molecule has 0 saturated carbocycles. The van der Waals surface area contributed by atoms with E-state index in [0.29, 0.717) is 18.9 Å². The Morgan fingerprint density at radius 3 is 2.63 bits per heavy atom. The third kappa shape index (κ3) is 9.73. The number of hydrogen-bond acceptors (Lipinski definition) is 11. The van der Waals surface area contributed by atoms with Crippen molar-refractivity contribution in [2.75, 3.05) is 64.6 Å². The number of fused-ring (bicyclic) bond motifs is 1. The minimum atomic E-state index is -4.44. The maximum Gasteiger partial charge on any atom is 0.305 e. The molecule has 2 heterocycles. The molecule has 250 valence electrons. The monoisotopic (exact) mass is 676 g/mol. The van der Waals surface area contributed by atoms with E-state index in [1.54, 1.807) is 37.1 Å². The number of aliphatic carboxylic acids is 1. The number of aldehydes is 1. The lowest BCUT2D eigenvalue weighted by atomic mass is 10.2. The topological polar surface area (TPSA) is 172 Å². The number of sulfonamides is 1. The van der Waals surface area contributed by atoms with Crippen molar-refractivity contribution in [3.63, 3.8) is 0 Å². The van der Waals surface area contributed by atoms with Gasteiger partial charge in [0, 0.05) is 37.1 Å². The number of carboxylic acid groups (broad SMARTS) is 1. The predicted octanol–water partition coefficient (Wildman–Crippen LogP) is 1.89. The SMILES string of the molecule is C[C@@H](Oc1cc(NC(=O)CN(C)C)ccc1S(=O)(=O)NC(C=O)CC(=O)O)C(SCCN1CCOCC1)n1cnc2ccccc21. The number of anilines is 1. The van der Waals surface area contributed by atoms with Crippen molar-refractivity contribution in [1.29, 1.82) is 0 Å². The quantitative estimate of drug-likeness (QED) is 0.178. The number of hydrogen-bond donors (Lipinski definition) is 3. The lowest BCUT2D eigenvalue weighted by molar-refractivity contribution is -0.138. The van der Waals surface area contributed by atoms with E-state index in [0.717, 1.165) is 36.4 Å². The molecule has 1 amide bonds. The molecule has 0 radical (unpaired) electrons. The Bertz CT molecular complexity index is 1610. The first-order chi connectivity index (χ1) is 22.0. The van der Waals surface area contributed by atoms with Gasteiger partial charge in [-0.3, -0.25) is 14.5 Å². The molecule has 2 unspecified atom stereocenters. The van der Waals surface area contributed by atoms with Gasteiger partial charge in [0.05, 0.1) is 49.6 Å². The maximum atomic E-state index is 13.5. The molecule has 4 rings (SSSR count). The highest BCUT2D eigenvalue weighted by Gasteiger charge is 2.29. The Hall–Kier alpha value is -3.54. The van der Waals surface area contributed by atoms with Gasteiger partial charge in [-0.1, -0.05) is 12.1 Å². The number of nitrogens with zero attached hydrogens (tertiary/aromatic N) is 4. The van der Waals surface area contributed by atoms with Crippen LogP contribution in [0.15, 0.2) is 53.7 Å². The lowest BCUT2D eigenvalue weighted by Crippen LogP contribution is -2.38. The van der Waals surface area contributed by atoms with Crippen molar-refractivity contribution >= 4 is 56.7 Å². The number of carbonyl (C=O) groups excluding carboxylic acids is 2. The second kappa shape index (κ2) is 16.3. The second-order valence-corrected chi connectivity index (χ2v) is 14.0. The Kier molecular flexibility index (Phi) is 12.5. The Morgan fingerprint density at radius 1 is 1.20 bits per heavy atom. The predicted molar refractivity (Wildman–Crippen MR) is 175 cm³/mol. The number of carboxylic acids is 1. The molecule has 0 spiro atoms. The van der Waals surface area contributed by atoms with Gasteiger partial charge in [0.15, 0.2) is 0 Å². The second-order valence-electron chi connectivity index (χ2n) is 11.1. The molecule has 1 aliphatic heterocycles. The van der Waals surface area contributed by atoms with Crippen molar-refractivity contribution in [1.82, 2.24) is 24.1 Å². The van der Waals surface area contributed by atoms with Crippen molar-refractivity contribution in [2.45, 2.75) is 35.8 Å². The summed E-state index contributed by atoms with van der Waals surface area (Å²) in [6.45, 7) is 5.79. The summed E-state index contributed by atoms with van der Waals surface area (Å²) >= 11 is 1.63. The van der Waals surface area contributed by atoms with Crippen LogP contribution in [0.25, 0.3) is 11.0 Å². The van der Waals surface area contributed by atoms with Crippen LogP contribution in [-0.2, 0) is 29.1 Å². The molecular weight excluding hydrogens is 636 g/mol. The molecular formula is C30H40N6O8S2. The van der Waals surface area contributed by atoms with Crippen molar-refractivity contribution in [2.24, 2.45) is 0 Å². The number of benzene rings is 2. The summed E-state index contributed by atoms with van der Waals surface area (Å²) in [6.07, 6.45) is 0.601. The van der Waals surface area contributed by atoms with Crippen LogP contribution in [0.2, 0.25) is 0 Å². The average molecular weight is 677 g/mol. The first-order valence-corrected chi connectivity index (χ1v) is 17.3. The summed E-state index contributed by atoms with van der Waals surface area (Å²) in [5.74, 6) is -0.991. The van der Waals surface area contributed by atoms with Gasteiger partial charge in [0.1, 0.15) is 28.4 Å². The van der Waals surface area contributed by atoms with Gasteiger partial charge in [-0.2, -0.15) is 0 Å². The fourth-order valence-corrected chi connectivity index (χ4v) is 7.51. The van der Waals surface area contributed by atoms with E-state index in [4.69, 9.17) is 14.6 Å². The lowest BCUT2D eigenvalue weighted by Gasteiger charge is -2.30. The smallest absolute Gasteiger partial charge is 0.305 e. The molecule has 0 bridgehead atoms. The van der Waals surface area contributed by atoms with E-state index in [1.807, 2.05) is 35.8 Å². The van der Waals surface area contributed by atoms with E-state index in [9.17, 15) is 22.8 Å². The number of morpholine rings is 1. The molecule has 1 aromatic heterocycles. The summed E-state index contributed by atoms with van der Waals surface area (Å²) in [4.78, 5) is 43.5. The number of rotatable bonds is 17. The van der Waals surface area contributed by atoms with Crippen LogP contribution in [0.1, 0.15) is 18.7 Å². The van der Waals surface area contributed by atoms with Gasteiger partial charge in [-0.15, -0.1) is 11.8 Å². The first-order valence-electron chi connectivity index (χ1n) is 14.7. The number of likely N-dealkylation sites (N-methyl/N-ethyl adjacent to an activating group) is 1.